The van der Waals surface area contributed by atoms with E-state index in [1.165, 1.54) is 0 Å². The lowest BCUT2D eigenvalue weighted by Gasteiger charge is -2.10. The number of ether oxygens (including phenoxy) is 2. The van der Waals surface area contributed by atoms with Gasteiger partial charge < -0.3 is 14.8 Å². The Bertz CT molecular complexity index is 454. The number of nitrogens with one attached hydrogen (secondary N) is 1. The summed E-state index contributed by atoms with van der Waals surface area (Å²) in [5.74, 6) is -0.836. The summed E-state index contributed by atoms with van der Waals surface area (Å²) >= 11 is 3.30. The van der Waals surface area contributed by atoms with E-state index in [0.29, 0.717) is 18.7 Å². The molecule has 0 unspecified atom stereocenters. The molecule has 0 radical (unpaired) electrons. The van der Waals surface area contributed by atoms with Crippen LogP contribution in [0, 0.1) is 0 Å². The molecule has 1 saturated heterocycles. The van der Waals surface area contributed by atoms with Gasteiger partial charge in [0.1, 0.15) is 0 Å². The van der Waals surface area contributed by atoms with Crippen molar-refractivity contribution in [3.63, 3.8) is 0 Å². The van der Waals surface area contributed by atoms with Crippen molar-refractivity contribution in [2.75, 3.05) is 18.5 Å². The van der Waals surface area contributed by atoms with Crippen LogP contribution < -0.4 is 5.32 Å². The fourth-order valence-electron chi connectivity index (χ4n) is 1.72. The number of esters is 1. The van der Waals surface area contributed by atoms with Gasteiger partial charge in [-0.1, -0.05) is 15.9 Å². The summed E-state index contributed by atoms with van der Waals surface area (Å²) in [6, 6.07) is 7.13. The lowest BCUT2D eigenvalue weighted by atomic mass is 10.2. The second kappa shape index (κ2) is 6.68. The molecule has 1 aromatic rings. The van der Waals surface area contributed by atoms with Gasteiger partial charge in [0.15, 0.2) is 12.7 Å². The zero-order valence-electron chi connectivity index (χ0n) is 10.2. The van der Waals surface area contributed by atoms with Crippen LogP contribution in [0.3, 0.4) is 0 Å². The van der Waals surface area contributed by atoms with E-state index in [-0.39, 0.29) is 12.5 Å². The molecule has 1 aliphatic heterocycles. The van der Waals surface area contributed by atoms with Crippen molar-refractivity contribution in [3.05, 3.63) is 28.7 Å². The molecule has 1 aromatic carbocycles. The maximum atomic E-state index is 11.6. The van der Waals surface area contributed by atoms with E-state index in [1.54, 1.807) is 12.1 Å². The largest absolute Gasteiger partial charge is 0.454 e. The zero-order valence-corrected chi connectivity index (χ0v) is 11.8. The predicted octanol–water partition coefficient (Wildman–Crippen LogP) is 2.11. The molecule has 0 bridgehead atoms. The molecule has 2 rings (SSSR count). The Labute approximate surface area is 119 Å². The average molecular weight is 328 g/mol. The van der Waals surface area contributed by atoms with Crippen molar-refractivity contribution >= 4 is 33.5 Å². The number of halogens is 1. The first-order valence-corrected chi connectivity index (χ1v) is 6.78. The summed E-state index contributed by atoms with van der Waals surface area (Å²) in [4.78, 5) is 23.1. The third kappa shape index (κ3) is 4.33. The molecule has 0 saturated carbocycles. The Kier molecular flexibility index (Phi) is 4.93. The topological polar surface area (TPSA) is 64.6 Å². The lowest BCUT2D eigenvalue weighted by molar-refractivity contribution is -0.156. The van der Waals surface area contributed by atoms with E-state index in [4.69, 9.17) is 9.47 Å². The first kappa shape index (κ1) is 14.0. The maximum absolute atomic E-state index is 11.6. The summed E-state index contributed by atoms with van der Waals surface area (Å²) in [6.45, 7) is 0.277. The van der Waals surface area contributed by atoms with Crippen molar-refractivity contribution < 1.29 is 19.1 Å². The SMILES string of the molecule is O=C(COC(=O)[C@@H]1CCCO1)Nc1ccc(Br)cc1. The number of anilines is 1. The minimum Gasteiger partial charge on any atom is -0.454 e. The molecule has 1 fully saturated rings. The van der Waals surface area contributed by atoms with Crippen LogP contribution in [0.2, 0.25) is 0 Å². The molecule has 1 amide bonds. The summed E-state index contributed by atoms with van der Waals surface area (Å²) in [7, 11) is 0. The van der Waals surface area contributed by atoms with Crippen LogP contribution in [-0.4, -0.2) is 31.2 Å². The molecule has 1 heterocycles. The Balaban J connectivity index is 1.75. The van der Waals surface area contributed by atoms with Gasteiger partial charge in [0.05, 0.1) is 0 Å². The van der Waals surface area contributed by atoms with E-state index in [9.17, 15) is 9.59 Å². The van der Waals surface area contributed by atoms with Gasteiger partial charge in [-0.3, -0.25) is 4.79 Å². The second-order valence-corrected chi connectivity index (χ2v) is 5.08. The van der Waals surface area contributed by atoms with E-state index in [0.717, 1.165) is 10.9 Å². The van der Waals surface area contributed by atoms with Crippen molar-refractivity contribution in [3.8, 4) is 0 Å². The second-order valence-electron chi connectivity index (χ2n) is 4.16. The number of carbonyl (C=O) groups excluding carboxylic acids is 2. The Morgan fingerprint density at radius 1 is 1.37 bits per heavy atom. The Morgan fingerprint density at radius 2 is 2.11 bits per heavy atom. The van der Waals surface area contributed by atoms with Gasteiger partial charge in [-0.25, -0.2) is 4.79 Å². The lowest BCUT2D eigenvalue weighted by Crippen LogP contribution is -2.27. The van der Waals surface area contributed by atoms with Crippen LogP contribution in [0.25, 0.3) is 0 Å². The average Bonchev–Trinajstić information content (AvgIpc) is 2.93. The van der Waals surface area contributed by atoms with Crippen LogP contribution in [0.1, 0.15) is 12.8 Å². The fraction of sp³-hybridized carbons (Fsp3) is 0.385. The van der Waals surface area contributed by atoms with Crippen LogP contribution in [0.4, 0.5) is 5.69 Å². The molecule has 1 aliphatic rings. The monoisotopic (exact) mass is 327 g/mol. The standard InChI is InChI=1S/C13H14BrNO4/c14-9-3-5-10(6-4-9)15-12(16)8-19-13(17)11-2-1-7-18-11/h3-6,11H,1-2,7-8H2,(H,15,16)/t11-/m0/s1. The number of rotatable bonds is 4. The normalized spacial score (nSPS) is 18.1. The minimum atomic E-state index is -0.513. The first-order valence-electron chi connectivity index (χ1n) is 5.99. The Hall–Kier alpha value is -1.40. The number of benzene rings is 1. The number of amides is 1. The predicted molar refractivity (Wildman–Crippen MR) is 72.7 cm³/mol. The number of hydrogen-bond acceptors (Lipinski definition) is 4. The van der Waals surface area contributed by atoms with Gasteiger partial charge >= 0.3 is 5.97 Å². The van der Waals surface area contributed by atoms with Crippen LogP contribution in [0.15, 0.2) is 28.7 Å². The molecule has 19 heavy (non-hydrogen) atoms. The van der Waals surface area contributed by atoms with Gasteiger partial charge in [-0.05, 0) is 37.1 Å². The van der Waals surface area contributed by atoms with Crippen molar-refractivity contribution in [2.45, 2.75) is 18.9 Å². The molecule has 0 spiro atoms. The summed E-state index contributed by atoms with van der Waals surface area (Å²) in [5, 5.41) is 2.64. The van der Waals surface area contributed by atoms with E-state index < -0.39 is 12.1 Å². The van der Waals surface area contributed by atoms with Crippen LogP contribution in [0.5, 0.6) is 0 Å². The Morgan fingerprint density at radius 3 is 2.74 bits per heavy atom. The summed E-state index contributed by atoms with van der Waals surface area (Å²) in [6.07, 6.45) is 0.998. The fourth-order valence-corrected chi connectivity index (χ4v) is 1.99. The highest BCUT2D eigenvalue weighted by atomic mass is 79.9. The molecular weight excluding hydrogens is 314 g/mol. The molecule has 0 aromatic heterocycles. The highest BCUT2D eigenvalue weighted by Gasteiger charge is 2.25. The highest BCUT2D eigenvalue weighted by Crippen LogP contribution is 2.15. The van der Waals surface area contributed by atoms with E-state index in [1.807, 2.05) is 12.1 Å². The molecule has 6 heteroatoms. The van der Waals surface area contributed by atoms with Crippen molar-refractivity contribution in [1.82, 2.24) is 0 Å². The van der Waals surface area contributed by atoms with Gasteiger partial charge in [-0.15, -0.1) is 0 Å². The van der Waals surface area contributed by atoms with Gasteiger partial charge in [0, 0.05) is 16.8 Å². The highest BCUT2D eigenvalue weighted by molar-refractivity contribution is 9.10. The maximum Gasteiger partial charge on any atom is 0.335 e. The van der Waals surface area contributed by atoms with E-state index in [2.05, 4.69) is 21.2 Å². The first-order chi connectivity index (χ1) is 9.15. The van der Waals surface area contributed by atoms with Gasteiger partial charge in [-0.2, -0.15) is 0 Å². The quantitative estimate of drug-likeness (QED) is 0.860. The zero-order chi connectivity index (χ0) is 13.7. The summed E-state index contributed by atoms with van der Waals surface area (Å²) < 4.78 is 11.0. The molecular formula is C13H14BrNO4. The molecule has 102 valence electrons. The summed E-state index contributed by atoms with van der Waals surface area (Å²) in [5.41, 5.74) is 0.654. The number of hydrogen-bond donors (Lipinski definition) is 1. The van der Waals surface area contributed by atoms with E-state index >= 15 is 0 Å². The van der Waals surface area contributed by atoms with Gasteiger partial charge in [0.25, 0.3) is 5.91 Å². The van der Waals surface area contributed by atoms with Gasteiger partial charge in [0.2, 0.25) is 0 Å². The molecule has 5 nitrogen and oxygen atoms in total. The number of carbonyl (C=O) groups is 2. The minimum absolute atomic E-state index is 0.297. The van der Waals surface area contributed by atoms with Crippen LogP contribution >= 0.6 is 15.9 Å². The molecule has 1 atom stereocenters. The third-order valence-electron chi connectivity index (χ3n) is 2.67. The van der Waals surface area contributed by atoms with Crippen molar-refractivity contribution in [2.24, 2.45) is 0 Å². The van der Waals surface area contributed by atoms with Crippen molar-refractivity contribution in [1.29, 1.82) is 0 Å². The molecule has 0 aliphatic carbocycles. The molecule has 1 N–H and O–H groups in total. The smallest absolute Gasteiger partial charge is 0.335 e. The van der Waals surface area contributed by atoms with Crippen LogP contribution in [-0.2, 0) is 19.1 Å². The third-order valence-corrected chi connectivity index (χ3v) is 3.19.